The minimum absolute atomic E-state index is 0.0302. The van der Waals surface area contributed by atoms with Gasteiger partial charge in [-0.3, -0.25) is 4.79 Å². The Bertz CT molecular complexity index is 425. The van der Waals surface area contributed by atoms with E-state index in [1.165, 1.54) is 5.56 Å². The molecular formula is C13H16O2. The van der Waals surface area contributed by atoms with E-state index >= 15 is 0 Å². The Morgan fingerprint density at radius 2 is 1.87 bits per heavy atom. The molecule has 1 aromatic rings. The molecule has 1 aromatic carbocycles. The predicted molar refractivity (Wildman–Crippen MR) is 59.5 cm³/mol. The quantitative estimate of drug-likeness (QED) is 0.705. The zero-order chi connectivity index (χ0) is 11.2. The van der Waals surface area contributed by atoms with Gasteiger partial charge in [-0.05, 0) is 29.0 Å². The smallest absolute Gasteiger partial charge is 0.167 e. The molecule has 0 amide bonds. The lowest BCUT2D eigenvalue weighted by atomic mass is 9.82. The van der Waals surface area contributed by atoms with Crippen molar-refractivity contribution in [1.29, 1.82) is 0 Å². The Balaban J connectivity index is 2.68. The second kappa shape index (κ2) is 3.09. The molecule has 2 rings (SSSR count). The highest BCUT2D eigenvalue weighted by Crippen LogP contribution is 2.37. The highest BCUT2D eigenvalue weighted by molar-refractivity contribution is 6.03. The lowest BCUT2D eigenvalue weighted by Gasteiger charge is -2.22. The zero-order valence-corrected chi connectivity index (χ0v) is 9.42. The van der Waals surface area contributed by atoms with E-state index in [1.54, 1.807) is 6.07 Å². The maximum absolute atomic E-state index is 11.6. The van der Waals surface area contributed by atoms with Crippen molar-refractivity contribution in [2.24, 2.45) is 0 Å². The highest BCUT2D eigenvalue weighted by Gasteiger charge is 2.29. The molecule has 1 aliphatic carbocycles. The maximum atomic E-state index is 11.6. The summed E-state index contributed by atoms with van der Waals surface area (Å²) in [6, 6.07) is 3.58. The van der Waals surface area contributed by atoms with E-state index in [9.17, 15) is 9.90 Å². The van der Waals surface area contributed by atoms with Crippen LogP contribution in [0.4, 0.5) is 0 Å². The number of carbonyl (C=O) groups excluding carboxylic acids is 1. The lowest BCUT2D eigenvalue weighted by molar-refractivity contribution is 0.0992. The van der Waals surface area contributed by atoms with Crippen molar-refractivity contribution >= 4 is 5.78 Å². The van der Waals surface area contributed by atoms with Crippen LogP contribution in [0.5, 0.6) is 5.75 Å². The van der Waals surface area contributed by atoms with Gasteiger partial charge in [-0.1, -0.05) is 26.8 Å². The molecule has 0 saturated heterocycles. The van der Waals surface area contributed by atoms with Gasteiger partial charge in [-0.2, -0.15) is 0 Å². The first-order valence-electron chi connectivity index (χ1n) is 5.30. The molecule has 0 heterocycles. The van der Waals surface area contributed by atoms with Crippen LogP contribution < -0.4 is 0 Å². The van der Waals surface area contributed by atoms with E-state index in [2.05, 4.69) is 20.8 Å². The molecule has 0 spiro atoms. The molecule has 2 nitrogen and oxygen atoms in total. The van der Waals surface area contributed by atoms with Crippen LogP contribution in [0.25, 0.3) is 0 Å². The summed E-state index contributed by atoms with van der Waals surface area (Å²) in [7, 11) is 0. The number of phenolic OH excluding ortho intramolecular Hbond substituents is 1. The number of hydrogen-bond donors (Lipinski definition) is 1. The van der Waals surface area contributed by atoms with Gasteiger partial charge in [0.2, 0.25) is 0 Å². The highest BCUT2D eigenvalue weighted by atomic mass is 16.3. The molecule has 0 aromatic heterocycles. The third-order valence-electron chi connectivity index (χ3n) is 2.98. The molecule has 0 radical (unpaired) electrons. The topological polar surface area (TPSA) is 37.3 Å². The summed E-state index contributed by atoms with van der Waals surface area (Å²) in [5.41, 5.74) is 2.82. The molecule has 0 bridgehead atoms. The predicted octanol–water partition coefficient (Wildman–Crippen LogP) is 2.82. The van der Waals surface area contributed by atoms with Gasteiger partial charge in [0, 0.05) is 6.42 Å². The Morgan fingerprint density at radius 1 is 1.20 bits per heavy atom. The van der Waals surface area contributed by atoms with Crippen molar-refractivity contribution < 1.29 is 9.90 Å². The second-order valence-electron chi connectivity index (χ2n) is 5.16. The number of carbonyl (C=O) groups is 1. The monoisotopic (exact) mass is 204 g/mol. The van der Waals surface area contributed by atoms with E-state index in [0.29, 0.717) is 12.0 Å². The van der Waals surface area contributed by atoms with E-state index in [1.807, 2.05) is 6.07 Å². The Labute approximate surface area is 89.9 Å². The molecule has 2 heteroatoms. The van der Waals surface area contributed by atoms with Crippen LogP contribution >= 0.6 is 0 Å². The molecule has 0 aliphatic heterocycles. The largest absolute Gasteiger partial charge is 0.507 e. The number of phenols is 1. The van der Waals surface area contributed by atoms with Gasteiger partial charge in [0.1, 0.15) is 5.75 Å². The molecule has 0 fully saturated rings. The molecule has 0 atom stereocenters. The number of ketones is 1. The molecular weight excluding hydrogens is 188 g/mol. The van der Waals surface area contributed by atoms with Gasteiger partial charge in [-0.25, -0.2) is 0 Å². The van der Waals surface area contributed by atoms with E-state index < -0.39 is 0 Å². The lowest BCUT2D eigenvalue weighted by Crippen LogP contribution is -2.14. The van der Waals surface area contributed by atoms with Gasteiger partial charge in [0.05, 0.1) is 5.56 Å². The van der Waals surface area contributed by atoms with Crippen molar-refractivity contribution in [1.82, 2.24) is 0 Å². The molecule has 15 heavy (non-hydrogen) atoms. The summed E-state index contributed by atoms with van der Waals surface area (Å²) in [5.74, 6) is 0.217. The number of hydrogen-bond acceptors (Lipinski definition) is 2. The van der Waals surface area contributed by atoms with Crippen molar-refractivity contribution in [3.8, 4) is 5.75 Å². The summed E-state index contributed by atoms with van der Waals surface area (Å²) in [5, 5.41) is 9.67. The third kappa shape index (κ3) is 1.54. The van der Waals surface area contributed by atoms with Gasteiger partial charge < -0.3 is 5.11 Å². The molecule has 80 valence electrons. The van der Waals surface area contributed by atoms with Crippen LogP contribution in [0.15, 0.2) is 12.1 Å². The van der Waals surface area contributed by atoms with E-state index in [-0.39, 0.29) is 16.9 Å². The molecule has 0 unspecified atom stereocenters. The SMILES string of the molecule is CC(C)(C)c1ccc(O)c2c1CCC2=O. The van der Waals surface area contributed by atoms with Crippen molar-refractivity contribution in [2.45, 2.75) is 39.0 Å². The third-order valence-corrected chi connectivity index (χ3v) is 2.98. The van der Waals surface area contributed by atoms with E-state index in [0.717, 1.165) is 12.0 Å². The standard InChI is InChI=1S/C13H16O2/c1-13(2,3)9-5-7-11(15)12-8(9)4-6-10(12)14/h5,7,15H,4,6H2,1-3H3. The van der Waals surface area contributed by atoms with Crippen molar-refractivity contribution in [3.63, 3.8) is 0 Å². The number of Topliss-reactive ketones (excluding diaryl/α,β-unsaturated/α-hetero) is 1. The first-order chi connectivity index (χ1) is 6.91. The van der Waals surface area contributed by atoms with Gasteiger partial charge in [0.15, 0.2) is 5.78 Å². The maximum Gasteiger partial charge on any atom is 0.167 e. The number of aromatic hydroxyl groups is 1. The van der Waals surface area contributed by atoms with Crippen molar-refractivity contribution in [2.75, 3.05) is 0 Å². The van der Waals surface area contributed by atoms with Crippen LogP contribution in [0.2, 0.25) is 0 Å². The van der Waals surface area contributed by atoms with Gasteiger partial charge in [-0.15, -0.1) is 0 Å². The fraction of sp³-hybridized carbons (Fsp3) is 0.462. The average Bonchev–Trinajstić information content (AvgIpc) is 2.47. The zero-order valence-electron chi connectivity index (χ0n) is 9.42. The van der Waals surface area contributed by atoms with Crippen LogP contribution in [0.3, 0.4) is 0 Å². The number of rotatable bonds is 0. The van der Waals surface area contributed by atoms with Crippen molar-refractivity contribution in [3.05, 3.63) is 28.8 Å². The van der Waals surface area contributed by atoms with Gasteiger partial charge in [0.25, 0.3) is 0 Å². The first-order valence-corrected chi connectivity index (χ1v) is 5.30. The summed E-state index contributed by atoms with van der Waals surface area (Å²) < 4.78 is 0. The average molecular weight is 204 g/mol. The van der Waals surface area contributed by atoms with Crippen LogP contribution in [0, 0.1) is 0 Å². The summed E-state index contributed by atoms with van der Waals surface area (Å²) >= 11 is 0. The van der Waals surface area contributed by atoms with E-state index in [4.69, 9.17) is 0 Å². The van der Waals surface area contributed by atoms with Gasteiger partial charge >= 0.3 is 0 Å². The molecule has 1 N–H and O–H groups in total. The minimum atomic E-state index is 0.0302. The van der Waals surface area contributed by atoms with Crippen LogP contribution in [-0.2, 0) is 11.8 Å². The Hall–Kier alpha value is -1.31. The normalized spacial score (nSPS) is 15.5. The Morgan fingerprint density at radius 3 is 2.47 bits per heavy atom. The molecule has 0 saturated carbocycles. The molecule has 1 aliphatic rings. The fourth-order valence-electron chi connectivity index (χ4n) is 2.27. The number of fused-ring (bicyclic) bond motifs is 1. The van der Waals surface area contributed by atoms with Crippen LogP contribution in [0.1, 0.15) is 48.7 Å². The first kappa shape index (κ1) is 10.2. The second-order valence-corrected chi connectivity index (χ2v) is 5.16. The summed E-state index contributed by atoms with van der Waals surface area (Å²) in [4.78, 5) is 11.6. The summed E-state index contributed by atoms with van der Waals surface area (Å²) in [6.45, 7) is 6.38. The number of benzene rings is 1. The minimum Gasteiger partial charge on any atom is -0.507 e. The summed E-state index contributed by atoms with van der Waals surface area (Å²) in [6.07, 6.45) is 1.31. The van der Waals surface area contributed by atoms with Crippen LogP contribution in [-0.4, -0.2) is 10.9 Å². The Kier molecular flexibility index (Phi) is 2.10. The fourth-order valence-corrected chi connectivity index (χ4v) is 2.27.